The first-order valence-corrected chi connectivity index (χ1v) is 13.9. The van der Waals surface area contributed by atoms with Crippen molar-refractivity contribution < 1.29 is 29.1 Å². The molecule has 0 saturated carbocycles. The lowest BCUT2D eigenvalue weighted by atomic mass is 9.89. The summed E-state index contributed by atoms with van der Waals surface area (Å²) in [6.45, 7) is 2.12. The summed E-state index contributed by atoms with van der Waals surface area (Å²) in [6.07, 6.45) is 2.42. The van der Waals surface area contributed by atoms with E-state index >= 15 is 0 Å². The van der Waals surface area contributed by atoms with E-state index in [1.807, 2.05) is 6.92 Å². The lowest BCUT2D eigenvalue weighted by Gasteiger charge is -2.53. The minimum atomic E-state index is -1.16. The highest BCUT2D eigenvalue weighted by Gasteiger charge is 2.57. The zero-order chi connectivity index (χ0) is 26.4. The average Bonchev–Trinajstić information content (AvgIpc) is 3.42. The highest BCUT2D eigenvalue weighted by Crippen LogP contribution is 2.44. The monoisotopic (exact) mass is 566 g/mol. The molecule has 3 N–H and O–H groups in total. The maximum absolute atomic E-state index is 13.1. The van der Waals surface area contributed by atoms with Crippen LogP contribution in [0.2, 0.25) is 0 Å². The van der Waals surface area contributed by atoms with Gasteiger partial charge in [-0.25, -0.2) is 9.97 Å². The van der Waals surface area contributed by atoms with E-state index in [2.05, 4.69) is 36.0 Å². The number of oxime groups is 1. The molecule has 17 heteroatoms. The predicted molar refractivity (Wildman–Crippen MR) is 135 cm³/mol. The smallest absolute Gasteiger partial charge is 0.313 e. The summed E-state index contributed by atoms with van der Waals surface area (Å²) in [7, 11) is 0. The van der Waals surface area contributed by atoms with Gasteiger partial charge >= 0.3 is 5.97 Å². The van der Waals surface area contributed by atoms with Crippen LogP contribution in [0.3, 0.4) is 0 Å². The largest absolute Gasteiger partial charge is 0.481 e. The first-order valence-electron chi connectivity index (χ1n) is 11.0. The number of hydrogen-bond acceptors (Lipinski definition) is 13. The molecule has 0 bridgehead atoms. The van der Waals surface area contributed by atoms with E-state index in [1.165, 1.54) is 52.0 Å². The Morgan fingerprint density at radius 1 is 1.46 bits per heavy atom. The first-order chi connectivity index (χ1) is 17.9. The molecule has 2 aromatic rings. The summed E-state index contributed by atoms with van der Waals surface area (Å²) >= 11 is 3.90. The van der Waals surface area contributed by atoms with Crippen molar-refractivity contribution in [2.75, 3.05) is 30.0 Å². The van der Waals surface area contributed by atoms with Gasteiger partial charge in [-0.05, 0) is 12.5 Å². The second-order valence-corrected chi connectivity index (χ2v) is 11.2. The first kappa shape index (κ1) is 26.7. The molecule has 4 heterocycles. The lowest BCUT2D eigenvalue weighted by Crippen LogP contribution is -2.74. The van der Waals surface area contributed by atoms with Gasteiger partial charge in [0.2, 0.25) is 18.0 Å². The Hall–Kier alpha value is -3.31. The molecule has 0 aliphatic carbocycles. The highest BCUT2D eigenvalue weighted by atomic mass is 32.2. The van der Waals surface area contributed by atoms with E-state index in [-0.39, 0.29) is 42.0 Å². The van der Waals surface area contributed by atoms with E-state index in [4.69, 9.17) is 4.84 Å². The third-order valence-electron chi connectivity index (χ3n) is 5.44. The third-order valence-corrected chi connectivity index (χ3v) is 9.18. The summed E-state index contributed by atoms with van der Waals surface area (Å²) in [5.41, 5.74) is 0.143. The number of fused-ring (bicyclic) bond motifs is 1. The molecule has 2 aliphatic rings. The number of hydrogen-bond donors (Lipinski definition) is 3. The number of thioether (sulfide) groups is 2. The van der Waals surface area contributed by atoms with Crippen molar-refractivity contribution in [2.24, 2.45) is 10.6 Å². The van der Waals surface area contributed by atoms with Crippen molar-refractivity contribution in [1.82, 2.24) is 30.4 Å². The van der Waals surface area contributed by atoms with Gasteiger partial charge in [0.1, 0.15) is 34.8 Å². The molecule has 2 unspecified atom stereocenters. The maximum Gasteiger partial charge on any atom is 0.313 e. The Kier molecular flexibility index (Phi) is 8.55. The topological polar surface area (TPSA) is 189 Å². The molecule has 2 aliphatic heterocycles. The zero-order valence-corrected chi connectivity index (χ0v) is 21.8. The van der Waals surface area contributed by atoms with Gasteiger partial charge in [0.05, 0.1) is 0 Å². The van der Waals surface area contributed by atoms with E-state index in [0.29, 0.717) is 17.2 Å². The zero-order valence-electron chi connectivity index (χ0n) is 19.4. The SMILES string of the molecule is CCCON=C(C(=O)NC1C(=O)N2CC(CSc3nncs3)(C(=O)O)CS[C@H]12)c1nccc(NC=O)n1. The lowest BCUT2D eigenvalue weighted by molar-refractivity contribution is -0.157. The van der Waals surface area contributed by atoms with Crippen molar-refractivity contribution >= 4 is 70.6 Å². The fourth-order valence-corrected chi connectivity index (χ4v) is 6.89. The molecule has 2 aromatic heterocycles. The number of carbonyl (C=O) groups is 4. The molecule has 0 spiro atoms. The molecule has 2 saturated heterocycles. The number of carboxylic acid groups (broad SMARTS) is 1. The Bertz CT molecular complexity index is 1200. The fourth-order valence-electron chi connectivity index (χ4n) is 3.54. The van der Waals surface area contributed by atoms with Crippen LogP contribution >= 0.6 is 34.9 Å². The van der Waals surface area contributed by atoms with Gasteiger partial charge in [0.25, 0.3) is 5.91 Å². The van der Waals surface area contributed by atoms with Gasteiger partial charge in [0, 0.05) is 24.2 Å². The van der Waals surface area contributed by atoms with Gasteiger partial charge in [-0.2, -0.15) is 0 Å². The van der Waals surface area contributed by atoms with E-state index < -0.39 is 34.6 Å². The standard InChI is InChI=1S/C20H22N8O6S3/c1-2-5-34-27-12(14-21-4-3-11(24-14)22-9-29)15(30)25-13-16(31)28-6-20(18(32)33,7-35-17(13)28)8-36-19-26-23-10-37-19/h3-4,9-10,13,17H,2,5-8H2,1H3,(H,25,30)(H,32,33)(H,21,22,24,29)/t13?,17-,20?/m1/s1. The van der Waals surface area contributed by atoms with E-state index in [0.717, 1.165) is 0 Å². The van der Waals surface area contributed by atoms with Gasteiger partial charge in [-0.1, -0.05) is 35.2 Å². The van der Waals surface area contributed by atoms with Gasteiger partial charge in [-0.3, -0.25) is 19.2 Å². The van der Waals surface area contributed by atoms with Crippen molar-refractivity contribution in [2.45, 2.75) is 29.1 Å². The Morgan fingerprint density at radius 3 is 3.00 bits per heavy atom. The molecular weight excluding hydrogens is 544 g/mol. The van der Waals surface area contributed by atoms with Crippen molar-refractivity contribution in [1.29, 1.82) is 0 Å². The van der Waals surface area contributed by atoms with Crippen LogP contribution in [0.15, 0.2) is 27.3 Å². The number of carbonyl (C=O) groups excluding carboxylic acids is 3. The molecule has 0 radical (unpaired) electrons. The van der Waals surface area contributed by atoms with Crippen LogP contribution in [0.4, 0.5) is 5.82 Å². The average molecular weight is 567 g/mol. The molecule has 3 atom stereocenters. The predicted octanol–water partition coefficient (Wildman–Crippen LogP) is 0.290. The number of aliphatic carboxylic acids is 1. The maximum atomic E-state index is 13.1. The van der Waals surface area contributed by atoms with E-state index in [1.54, 1.807) is 5.51 Å². The number of nitrogens with one attached hydrogen (secondary N) is 2. The molecule has 37 heavy (non-hydrogen) atoms. The Balaban J connectivity index is 1.45. The van der Waals surface area contributed by atoms with Crippen LogP contribution in [-0.2, 0) is 24.0 Å². The van der Waals surface area contributed by atoms with Crippen LogP contribution in [0, 0.1) is 5.41 Å². The molecule has 3 amide bonds. The molecule has 196 valence electrons. The number of rotatable bonds is 12. The van der Waals surface area contributed by atoms with Crippen LogP contribution in [0.25, 0.3) is 0 Å². The number of β-lactam (4-membered cyclic amide) rings is 1. The minimum absolute atomic E-state index is 0.0140. The minimum Gasteiger partial charge on any atom is -0.481 e. The van der Waals surface area contributed by atoms with E-state index in [9.17, 15) is 24.3 Å². The number of aromatic nitrogens is 4. The Morgan fingerprint density at radius 2 is 2.30 bits per heavy atom. The Labute approximate surface area is 223 Å². The van der Waals surface area contributed by atoms with Crippen LogP contribution in [0.5, 0.6) is 0 Å². The van der Waals surface area contributed by atoms with Gasteiger partial charge in [0.15, 0.2) is 10.2 Å². The number of anilines is 1. The van der Waals surface area contributed by atoms with Crippen LogP contribution in [-0.4, -0.2) is 96.2 Å². The molecule has 4 rings (SSSR count). The summed E-state index contributed by atoms with van der Waals surface area (Å²) in [5.74, 6) is -1.60. The second-order valence-electron chi connectivity index (χ2n) is 8.00. The highest BCUT2D eigenvalue weighted by molar-refractivity contribution is 8.01. The second kappa shape index (κ2) is 11.8. The fraction of sp³-hybridized carbons (Fsp3) is 0.450. The molecular formula is C20H22N8O6S3. The van der Waals surface area contributed by atoms with Gasteiger partial charge in [-0.15, -0.1) is 22.0 Å². The normalized spacial score (nSPS) is 23.0. The molecule has 2 fully saturated rings. The quantitative estimate of drug-likeness (QED) is 0.0796. The number of nitrogens with zero attached hydrogens (tertiary/aromatic N) is 6. The summed E-state index contributed by atoms with van der Waals surface area (Å²) in [4.78, 5) is 63.8. The number of amides is 3. The van der Waals surface area contributed by atoms with Crippen LogP contribution in [0.1, 0.15) is 19.2 Å². The third kappa shape index (κ3) is 5.83. The summed E-state index contributed by atoms with van der Waals surface area (Å²) < 4.78 is 0.652. The summed E-state index contributed by atoms with van der Waals surface area (Å²) in [6, 6.07) is 0.553. The van der Waals surface area contributed by atoms with Crippen LogP contribution < -0.4 is 10.6 Å². The van der Waals surface area contributed by atoms with Gasteiger partial charge < -0.3 is 25.5 Å². The molecule has 0 aromatic carbocycles. The van der Waals surface area contributed by atoms with Crippen molar-refractivity contribution in [3.63, 3.8) is 0 Å². The van der Waals surface area contributed by atoms with Crippen molar-refractivity contribution in [3.8, 4) is 0 Å². The number of carboxylic acids is 1. The molecule has 14 nitrogen and oxygen atoms in total. The summed E-state index contributed by atoms with van der Waals surface area (Å²) in [5, 5.41) is 26.1. The van der Waals surface area contributed by atoms with Crippen molar-refractivity contribution in [3.05, 3.63) is 23.6 Å².